The zero-order valence-electron chi connectivity index (χ0n) is 29.9. The Morgan fingerprint density at radius 3 is 1.60 bits per heavy atom. The van der Waals surface area contributed by atoms with E-state index in [1.54, 1.807) is 0 Å². The number of fused-ring (bicyclic) bond motifs is 8. The largest absolute Gasteiger partial charge is 0.456 e. The van der Waals surface area contributed by atoms with Crippen molar-refractivity contribution in [1.29, 1.82) is 0 Å². The maximum absolute atomic E-state index is 6.35. The first kappa shape index (κ1) is 31.2. The van der Waals surface area contributed by atoms with E-state index in [1.165, 1.54) is 49.3 Å². The van der Waals surface area contributed by atoms with Gasteiger partial charge >= 0.3 is 0 Å². The molecular formula is C52H34N2O. The van der Waals surface area contributed by atoms with Crippen molar-refractivity contribution in [3.63, 3.8) is 0 Å². The number of furan rings is 1. The number of para-hydroxylation sites is 2. The zero-order chi connectivity index (χ0) is 36.3. The zero-order valence-corrected chi connectivity index (χ0v) is 29.9. The van der Waals surface area contributed by atoms with Crippen molar-refractivity contribution in [3.05, 3.63) is 206 Å². The molecule has 0 saturated carbocycles. The molecule has 3 heteroatoms. The van der Waals surface area contributed by atoms with Crippen LogP contribution in [-0.2, 0) is 0 Å². The fraction of sp³-hybridized carbons (Fsp3) is 0. The van der Waals surface area contributed by atoms with Gasteiger partial charge in [-0.3, -0.25) is 0 Å². The van der Waals surface area contributed by atoms with Crippen LogP contribution in [0.3, 0.4) is 0 Å². The summed E-state index contributed by atoms with van der Waals surface area (Å²) >= 11 is 0. The summed E-state index contributed by atoms with van der Waals surface area (Å²) in [5.41, 5.74) is 13.3. The first-order valence-corrected chi connectivity index (χ1v) is 18.8. The third-order valence-electron chi connectivity index (χ3n) is 11.0. The smallest absolute Gasteiger partial charge is 0.137 e. The number of hydrogen-bond donors (Lipinski definition) is 0. The van der Waals surface area contributed by atoms with Gasteiger partial charge in [-0.2, -0.15) is 0 Å². The molecule has 2 heterocycles. The minimum absolute atomic E-state index is 0.873. The SMILES string of the molecule is c1ccc(-c2ccc(N(c3ccc(-c4ccc(-n5c6ccccc6c6ccc7ccccc7c65)cc4)cc3)c3ccc4c(c3)oc3ccccc34)cc2)cc1. The van der Waals surface area contributed by atoms with E-state index in [1.807, 2.05) is 12.1 Å². The van der Waals surface area contributed by atoms with E-state index in [9.17, 15) is 0 Å². The van der Waals surface area contributed by atoms with E-state index < -0.39 is 0 Å². The predicted molar refractivity (Wildman–Crippen MR) is 231 cm³/mol. The lowest BCUT2D eigenvalue weighted by Gasteiger charge is -2.26. The molecule has 0 atom stereocenters. The summed E-state index contributed by atoms with van der Waals surface area (Å²) in [4.78, 5) is 2.31. The van der Waals surface area contributed by atoms with Gasteiger partial charge in [-0.05, 0) is 88.3 Å². The van der Waals surface area contributed by atoms with Crippen molar-refractivity contribution in [2.24, 2.45) is 0 Å². The van der Waals surface area contributed by atoms with E-state index in [2.05, 4.69) is 204 Å². The molecule has 2 aromatic heterocycles. The van der Waals surface area contributed by atoms with E-state index in [0.717, 1.165) is 50.3 Å². The first-order chi connectivity index (χ1) is 27.3. The number of anilines is 3. The molecule has 3 nitrogen and oxygen atoms in total. The summed E-state index contributed by atoms with van der Waals surface area (Å²) in [6, 6.07) is 73.9. The average Bonchev–Trinajstić information content (AvgIpc) is 3.80. The highest BCUT2D eigenvalue weighted by molar-refractivity contribution is 6.18. The van der Waals surface area contributed by atoms with Gasteiger partial charge in [0.1, 0.15) is 11.2 Å². The molecule has 0 saturated heterocycles. The molecule has 9 aromatic carbocycles. The predicted octanol–water partition coefficient (Wildman–Crippen LogP) is 14.6. The van der Waals surface area contributed by atoms with Gasteiger partial charge in [0.25, 0.3) is 0 Å². The van der Waals surface area contributed by atoms with Crippen LogP contribution < -0.4 is 4.90 Å². The van der Waals surface area contributed by atoms with Crippen molar-refractivity contribution in [2.75, 3.05) is 4.90 Å². The number of nitrogens with zero attached hydrogens (tertiary/aromatic N) is 2. The Kier molecular flexibility index (Phi) is 7.17. The van der Waals surface area contributed by atoms with E-state index in [0.29, 0.717) is 0 Å². The monoisotopic (exact) mass is 702 g/mol. The minimum atomic E-state index is 0.873. The highest BCUT2D eigenvalue weighted by Gasteiger charge is 2.17. The Balaban J connectivity index is 0.978. The molecule has 0 fully saturated rings. The summed E-state index contributed by atoms with van der Waals surface area (Å²) in [5.74, 6) is 0. The summed E-state index contributed by atoms with van der Waals surface area (Å²) in [7, 11) is 0. The topological polar surface area (TPSA) is 21.3 Å². The second kappa shape index (κ2) is 12.6. The summed E-state index contributed by atoms with van der Waals surface area (Å²) in [6.45, 7) is 0. The summed E-state index contributed by atoms with van der Waals surface area (Å²) < 4.78 is 8.76. The standard InChI is InChI=1S/C52H34N2O/c1-2-10-35(11-3-1)36-18-25-40(26-19-36)53(43-31-33-47-46-15-7-9-17-50(46)55-51(47)34-43)41-27-20-37(21-28-41)38-22-29-42(30-23-38)54-49-16-8-6-14-45(49)48-32-24-39-12-4-5-13-44(39)52(48)54/h1-34H. The van der Waals surface area contributed by atoms with Crippen LogP contribution in [0.4, 0.5) is 17.1 Å². The Bertz CT molecular complexity index is 3170. The Labute approximate surface area is 318 Å². The maximum Gasteiger partial charge on any atom is 0.137 e. The molecule has 11 rings (SSSR count). The van der Waals surface area contributed by atoms with Crippen LogP contribution in [0.5, 0.6) is 0 Å². The van der Waals surface area contributed by atoms with Gasteiger partial charge < -0.3 is 13.9 Å². The van der Waals surface area contributed by atoms with Gasteiger partial charge in [0.15, 0.2) is 0 Å². The third-order valence-corrected chi connectivity index (χ3v) is 11.0. The van der Waals surface area contributed by atoms with Crippen molar-refractivity contribution in [3.8, 4) is 27.9 Å². The molecule has 0 radical (unpaired) electrons. The fourth-order valence-electron chi connectivity index (χ4n) is 8.34. The average molecular weight is 703 g/mol. The number of aromatic nitrogens is 1. The number of rotatable bonds is 6. The molecule has 0 bridgehead atoms. The van der Waals surface area contributed by atoms with Gasteiger partial charge in [0, 0.05) is 55.7 Å². The van der Waals surface area contributed by atoms with Gasteiger partial charge in [0.2, 0.25) is 0 Å². The molecule has 0 N–H and O–H groups in total. The normalized spacial score (nSPS) is 11.6. The molecule has 0 aliphatic carbocycles. The molecule has 11 aromatic rings. The lowest BCUT2D eigenvalue weighted by atomic mass is 10.0. The van der Waals surface area contributed by atoms with E-state index in [4.69, 9.17) is 4.42 Å². The maximum atomic E-state index is 6.35. The highest BCUT2D eigenvalue weighted by Crippen LogP contribution is 2.41. The van der Waals surface area contributed by atoms with Crippen molar-refractivity contribution in [1.82, 2.24) is 4.57 Å². The molecule has 0 unspecified atom stereocenters. The highest BCUT2D eigenvalue weighted by atomic mass is 16.3. The van der Waals surface area contributed by atoms with Crippen molar-refractivity contribution < 1.29 is 4.42 Å². The fourth-order valence-corrected chi connectivity index (χ4v) is 8.34. The van der Waals surface area contributed by atoms with E-state index >= 15 is 0 Å². The molecule has 55 heavy (non-hydrogen) atoms. The van der Waals surface area contributed by atoms with Crippen LogP contribution in [0.15, 0.2) is 211 Å². The van der Waals surface area contributed by atoms with Gasteiger partial charge in [0.05, 0.1) is 11.0 Å². The number of benzene rings is 9. The Hall–Kier alpha value is -7.36. The lowest BCUT2D eigenvalue weighted by Crippen LogP contribution is -2.09. The molecule has 0 aliphatic heterocycles. The van der Waals surface area contributed by atoms with Crippen molar-refractivity contribution >= 4 is 71.6 Å². The van der Waals surface area contributed by atoms with Crippen LogP contribution in [0.2, 0.25) is 0 Å². The summed E-state index contributed by atoms with van der Waals surface area (Å²) in [5, 5.41) is 7.29. The van der Waals surface area contributed by atoms with Crippen LogP contribution >= 0.6 is 0 Å². The lowest BCUT2D eigenvalue weighted by molar-refractivity contribution is 0.669. The van der Waals surface area contributed by atoms with Crippen LogP contribution in [0.1, 0.15) is 0 Å². The Morgan fingerprint density at radius 2 is 0.873 bits per heavy atom. The summed E-state index contributed by atoms with van der Waals surface area (Å²) in [6.07, 6.45) is 0. The van der Waals surface area contributed by atoms with E-state index in [-0.39, 0.29) is 0 Å². The third kappa shape index (κ3) is 5.20. The molecule has 0 aliphatic rings. The van der Waals surface area contributed by atoms with Crippen LogP contribution in [-0.4, -0.2) is 4.57 Å². The molecule has 0 amide bonds. The number of hydrogen-bond acceptors (Lipinski definition) is 2. The minimum Gasteiger partial charge on any atom is -0.456 e. The Morgan fingerprint density at radius 1 is 0.345 bits per heavy atom. The second-order valence-corrected chi connectivity index (χ2v) is 14.2. The van der Waals surface area contributed by atoms with Gasteiger partial charge in [-0.15, -0.1) is 0 Å². The quantitative estimate of drug-likeness (QED) is 0.172. The molecule has 258 valence electrons. The second-order valence-electron chi connectivity index (χ2n) is 14.2. The molecular weight excluding hydrogens is 669 g/mol. The first-order valence-electron chi connectivity index (χ1n) is 18.8. The van der Waals surface area contributed by atoms with Crippen molar-refractivity contribution in [2.45, 2.75) is 0 Å². The van der Waals surface area contributed by atoms with Gasteiger partial charge in [-0.1, -0.05) is 140 Å². The van der Waals surface area contributed by atoms with Crippen LogP contribution in [0, 0.1) is 0 Å². The molecule has 0 spiro atoms. The van der Waals surface area contributed by atoms with Crippen LogP contribution in [0.25, 0.3) is 82.5 Å². The van der Waals surface area contributed by atoms with Gasteiger partial charge in [-0.25, -0.2) is 0 Å².